The predicted octanol–water partition coefficient (Wildman–Crippen LogP) is 0.218. The number of hydrogen-bond acceptors (Lipinski definition) is 3. The summed E-state index contributed by atoms with van der Waals surface area (Å²) in [5.74, 6) is -0.290. The van der Waals surface area contributed by atoms with Crippen LogP contribution in [0.1, 0.15) is 26.2 Å². The lowest BCUT2D eigenvalue weighted by molar-refractivity contribution is -0.147. The zero-order chi connectivity index (χ0) is 9.47. The summed E-state index contributed by atoms with van der Waals surface area (Å²) in [6, 6.07) is -0.375. The van der Waals surface area contributed by atoms with E-state index in [2.05, 4.69) is 5.32 Å². The van der Waals surface area contributed by atoms with E-state index in [-0.39, 0.29) is 23.3 Å². The Morgan fingerprint density at radius 2 is 2.38 bits per heavy atom. The molecule has 0 aromatic heterocycles. The summed E-state index contributed by atoms with van der Waals surface area (Å²) < 4.78 is 4.90. The molecule has 72 valence electrons. The Kier molecular flexibility index (Phi) is 1.78. The summed E-state index contributed by atoms with van der Waals surface area (Å²) in [4.78, 5) is 22.5. The first-order valence-electron chi connectivity index (χ1n) is 4.64. The Balaban J connectivity index is 2.06. The second kappa shape index (κ2) is 2.72. The third kappa shape index (κ3) is 1.30. The Morgan fingerprint density at radius 1 is 1.69 bits per heavy atom. The first-order chi connectivity index (χ1) is 6.18. The largest absolute Gasteiger partial charge is 0.464 e. The van der Waals surface area contributed by atoms with Gasteiger partial charge in [-0.1, -0.05) is 0 Å². The molecule has 1 spiro atoms. The molecule has 1 N–H and O–H groups in total. The summed E-state index contributed by atoms with van der Waals surface area (Å²) in [6.45, 7) is 2.15. The zero-order valence-electron chi connectivity index (χ0n) is 7.63. The fourth-order valence-electron chi connectivity index (χ4n) is 1.95. The third-order valence-corrected chi connectivity index (χ3v) is 2.84. The topological polar surface area (TPSA) is 55.4 Å². The molecule has 2 rings (SSSR count). The van der Waals surface area contributed by atoms with Crippen molar-refractivity contribution in [3.8, 4) is 0 Å². The standard InChI is InChI=1S/C9H13NO3/c1-2-13-8(12)7-9(3-4-9)5-6(11)10-7/h7H,2-5H2,1H3,(H,10,11). The molecule has 4 heteroatoms. The van der Waals surface area contributed by atoms with Gasteiger partial charge >= 0.3 is 5.97 Å². The highest BCUT2D eigenvalue weighted by Crippen LogP contribution is 2.54. The number of nitrogens with one attached hydrogen (secondary N) is 1. The van der Waals surface area contributed by atoms with Crippen LogP contribution in [0.4, 0.5) is 0 Å². The molecular formula is C9H13NO3. The first kappa shape index (κ1) is 8.53. The fourth-order valence-corrected chi connectivity index (χ4v) is 1.95. The van der Waals surface area contributed by atoms with Crippen LogP contribution in [0.3, 0.4) is 0 Å². The first-order valence-corrected chi connectivity index (χ1v) is 4.64. The van der Waals surface area contributed by atoms with Crippen molar-refractivity contribution in [3.05, 3.63) is 0 Å². The molecule has 4 nitrogen and oxygen atoms in total. The molecule has 2 aliphatic rings. The average Bonchev–Trinajstić information content (AvgIpc) is 2.72. The normalized spacial score (nSPS) is 28.7. The minimum Gasteiger partial charge on any atom is -0.464 e. The lowest BCUT2D eigenvalue weighted by Gasteiger charge is -2.15. The SMILES string of the molecule is CCOC(=O)C1NC(=O)CC12CC2. The van der Waals surface area contributed by atoms with Crippen LogP contribution in [0.2, 0.25) is 0 Å². The van der Waals surface area contributed by atoms with E-state index in [9.17, 15) is 9.59 Å². The molecule has 2 fully saturated rings. The monoisotopic (exact) mass is 183 g/mol. The van der Waals surface area contributed by atoms with Gasteiger partial charge in [-0.05, 0) is 19.8 Å². The number of carbonyl (C=O) groups is 2. The van der Waals surface area contributed by atoms with Crippen molar-refractivity contribution in [1.82, 2.24) is 5.32 Å². The van der Waals surface area contributed by atoms with Crippen LogP contribution >= 0.6 is 0 Å². The molecule has 13 heavy (non-hydrogen) atoms. The van der Waals surface area contributed by atoms with Crippen molar-refractivity contribution in [2.45, 2.75) is 32.2 Å². The highest BCUT2D eigenvalue weighted by molar-refractivity contribution is 5.90. The second-order valence-electron chi connectivity index (χ2n) is 3.79. The highest BCUT2D eigenvalue weighted by Gasteiger charge is 2.58. The Labute approximate surface area is 76.6 Å². The van der Waals surface area contributed by atoms with Crippen molar-refractivity contribution < 1.29 is 14.3 Å². The Bertz CT molecular complexity index is 258. The van der Waals surface area contributed by atoms with Gasteiger partial charge in [0.25, 0.3) is 0 Å². The van der Waals surface area contributed by atoms with Crippen LogP contribution in [-0.4, -0.2) is 24.5 Å². The molecule has 1 aliphatic carbocycles. The van der Waals surface area contributed by atoms with Crippen molar-refractivity contribution >= 4 is 11.9 Å². The smallest absolute Gasteiger partial charge is 0.329 e. The minimum atomic E-state index is -0.375. The van der Waals surface area contributed by atoms with Crippen LogP contribution in [0.25, 0.3) is 0 Å². The molecular weight excluding hydrogens is 170 g/mol. The van der Waals surface area contributed by atoms with Gasteiger partial charge in [-0.3, -0.25) is 4.79 Å². The number of rotatable bonds is 2. The summed E-state index contributed by atoms with van der Waals surface area (Å²) >= 11 is 0. The Morgan fingerprint density at radius 3 is 2.92 bits per heavy atom. The van der Waals surface area contributed by atoms with E-state index in [1.54, 1.807) is 6.92 Å². The minimum absolute atomic E-state index is 0.0180. The summed E-state index contributed by atoms with van der Waals surface area (Å²) in [6.07, 6.45) is 2.43. The predicted molar refractivity (Wildman–Crippen MR) is 44.8 cm³/mol. The summed E-state index contributed by atoms with van der Waals surface area (Å²) in [7, 11) is 0. The van der Waals surface area contributed by atoms with E-state index in [1.165, 1.54) is 0 Å². The third-order valence-electron chi connectivity index (χ3n) is 2.84. The van der Waals surface area contributed by atoms with Crippen LogP contribution in [0.15, 0.2) is 0 Å². The van der Waals surface area contributed by atoms with Crippen molar-refractivity contribution in [2.24, 2.45) is 5.41 Å². The lowest BCUT2D eigenvalue weighted by Crippen LogP contribution is -2.39. The zero-order valence-corrected chi connectivity index (χ0v) is 7.63. The van der Waals surface area contributed by atoms with E-state index in [0.29, 0.717) is 13.0 Å². The maximum absolute atomic E-state index is 11.4. The van der Waals surface area contributed by atoms with Crippen molar-refractivity contribution in [3.63, 3.8) is 0 Å². The molecule has 0 bridgehead atoms. The lowest BCUT2D eigenvalue weighted by atomic mass is 9.97. The number of carbonyl (C=O) groups excluding carboxylic acids is 2. The average molecular weight is 183 g/mol. The van der Waals surface area contributed by atoms with Crippen LogP contribution in [0.5, 0.6) is 0 Å². The highest BCUT2D eigenvalue weighted by atomic mass is 16.5. The van der Waals surface area contributed by atoms with Gasteiger partial charge in [0.15, 0.2) is 0 Å². The van der Waals surface area contributed by atoms with E-state index >= 15 is 0 Å². The maximum atomic E-state index is 11.4. The number of hydrogen-bond donors (Lipinski definition) is 1. The van der Waals surface area contributed by atoms with Gasteiger partial charge in [0.1, 0.15) is 6.04 Å². The van der Waals surface area contributed by atoms with Gasteiger partial charge in [-0.2, -0.15) is 0 Å². The number of ether oxygens (including phenoxy) is 1. The van der Waals surface area contributed by atoms with Crippen LogP contribution in [-0.2, 0) is 14.3 Å². The molecule has 0 aromatic carbocycles. The van der Waals surface area contributed by atoms with Crippen molar-refractivity contribution in [1.29, 1.82) is 0 Å². The fraction of sp³-hybridized carbons (Fsp3) is 0.778. The van der Waals surface area contributed by atoms with Crippen molar-refractivity contribution in [2.75, 3.05) is 6.61 Å². The molecule has 1 atom stereocenters. The maximum Gasteiger partial charge on any atom is 0.329 e. The van der Waals surface area contributed by atoms with Gasteiger partial charge in [0, 0.05) is 11.8 Å². The van der Waals surface area contributed by atoms with Gasteiger partial charge < -0.3 is 10.1 Å². The number of esters is 1. The molecule has 1 saturated heterocycles. The summed E-state index contributed by atoms with van der Waals surface area (Å²) in [5, 5.41) is 2.68. The van der Waals surface area contributed by atoms with Gasteiger partial charge in [0.2, 0.25) is 5.91 Å². The number of amides is 1. The van der Waals surface area contributed by atoms with E-state index in [0.717, 1.165) is 12.8 Å². The van der Waals surface area contributed by atoms with Gasteiger partial charge in [0.05, 0.1) is 6.61 Å². The van der Waals surface area contributed by atoms with Gasteiger partial charge in [-0.15, -0.1) is 0 Å². The molecule has 0 radical (unpaired) electrons. The van der Waals surface area contributed by atoms with E-state index in [1.807, 2.05) is 0 Å². The Hall–Kier alpha value is -1.06. The molecule has 1 amide bonds. The molecule has 1 aliphatic heterocycles. The van der Waals surface area contributed by atoms with Gasteiger partial charge in [-0.25, -0.2) is 4.79 Å². The van der Waals surface area contributed by atoms with E-state index in [4.69, 9.17) is 4.74 Å². The quantitative estimate of drug-likeness (QED) is 0.623. The van der Waals surface area contributed by atoms with Crippen LogP contribution in [0, 0.1) is 5.41 Å². The van der Waals surface area contributed by atoms with Crippen LogP contribution < -0.4 is 5.32 Å². The molecule has 1 saturated carbocycles. The molecule has 0 aromatic rings. The molecule has 1 unspecified atom stereocenters. The second-order valence-corrected chi connectivity index (χ2v) is 3.79. The molecule has 1 heterocycles. The summed E-state index contributed by atoms with van der Waals surface area (Å²) in [5.41, 5.74) is -0.0800. The van der Waals surface area contributed by atoms with E-state index < -0.39 is 0 Å².